The van der Waals surface area contributed by atoms with Gasteiger partial charge in [-0.2, -0.15) is 0 Å². The predicted octanol–water partition coefficient (Wildman–Crippen LogP) is 0.795. The van der Waals surface area contributed by atoms with Crippen molar-refractivity contribution in [2.45, 2.75) is 18.9 Å². The first kappa shape index (κ1) is 2.31. The maximum absolute atomic E-state index is 7.18. The van der Waals surface area contributed by atoms with Crippen LogP contribution in [0.2, 0.25) is 0 Å². The second-order valence-corrected chi connectivity index (χ2v) is 1.98. The Bertz CT molecular complexity index is 84.1. The maximum atomic E-state index is 7.18. The van der Waals surface area contributed by atoms with Crippen molar-refractivity contribution in [3.63, 3.8) is 0 Å². The molecular formula is C5H8O. The fourth-order valence-corrected chi connectivity index (χ4v) is 0.959. The van der Waals surface area contributed by atoms with E-state index in [4.69, 9.17) is 6.11 Å². The van der Waals surface area contributed by atoms with E-state index in [-0.39, 0.29) is 6.40 Å². The van der Waals surface area contributed by atoms with Crippen LogP contribution in [-0.2, 0) is 4.74 Å². The summed E-state index contributed by atoms with van der Waals surface area (Å²) in [7, 11) is 0. The molecule has 1 aliphatic heterocycles. The highest BCUT2D eigenvalue weighted by Crippen LogP contribution is 2.41. The highest BCUT2D eigenvalue weighted by atomic mass is 16.5. The molecule has 0 N–H and O–H groups in total. The Morgan fingerprint density at radius 1 is 1.83 bits per heavy atom. The summed E-state index contributed by atoms with van der Waals surface area (Å²) >= 11 is 0. The van der Waals surface area contributed by atoms with Gasteiger partial charge in [0.05, 0.1) is 6.10 Å². The van der Waals surface area contributed by atoms with Crippen LogP contribution in [0.15, 0.2) is 0 Å². The summed E-state index contributed by atoms with van der Waals surface area (Å²) in [6, 6.07) is 0. The van der Waals surface area contributed by atoms with Crippen molar-refractivity contribution in [1.29, 1.82) is 0 Å². The van der Waals surface area contributed by atoms with Gasteiger partial charge in [0.2, 0.25) is 0 Å². The van der Waals surface area contributed by atoms with Crippen molar-refractivity contribution in [2.75, 3.05) is 6.61 Å². The predicted molar refractivity (Wildman–Crippen MR) is 22.5 cm³/mol. The Balaban J connectivity index is 2.06. The average Bonchev–Trinajstić information content (AvgIpc) is 2.26. The van der Waals surface area contributed by atoms with E-state index in [9.17, 15) is 0 Å². The quantitative estimate of drug-likeness (QED) is 0.422. The van der Waals surface area contributed by atoms with Gasteiger partial charge in [-0.3, -0.25) is 0 Å². The van der Waals surface area contributed by atoms with Crippen LogP contribution in [0.4, 0.5) is 0 Å². The first-order valence-corrected chi connectivity index (χ1v) is 2.43. The second kappa shape index (κ2) is 0.784. The minimum absolute atomic E-state index is 0.147. The molecule has 0 bridgehead atoms. The van der Waals surface area contributed by atoms with Gasteiger partial charge in [0, 0.05) is 7.98 Å². The number of ether oxygens (including phenoxy) is 1. The van der Waals surface area contributed by atoms with Gasteiger partial charge >= 0.3 is 0 Å². The van der Waals surface area contributed by atoms with E-state index in [1.807, 2.05) is 0 Å². The molecule has 0 radical (unpaired) electrons. The van der Waals surface area contributed by atoms with Crippen LogP contribution in [0, 0.1) is 5.92 Å². The summed E-state index contributed by atoms with van der Waals surface area (Å²) in [6.45, 7) is 0.907. The van der Waals surface area contributed by atoms with Gasteiger partial charge in [-0.25, -0.2) is 0 Å². The lowest BCUT2D eigenvalue weighted by molar-refractivity contribution is 0.156. The van der Waals surface area contributed by atoms with Crippen molar-refractivity contribution in [2.24, 2.45) is 5.92 Å². The van der Waals surface area contributed by atoms with Crippen molar-refractivity contribution in [3.8, 4) is 0 Å². The molecule has 0 aromatic carbocycles. The van der Waals surface area contributed by atoms with Crippen molar-refractivity contribution in [1.82, 2.24) is 0 Å². The largest absolute Gasteiger partial charge is 0.378 e. The van der Waals surface area contributed by atoms with Gasteiger partial charge in [-0.15, -0.1) is 0 Å². The number of fused-ring (bicyclic) bond motifs is 1. The normalized spacial score (nSPS) is 66.7. The number of hydrogen-bond acceptors (Lipinski definition) is 1. The van der Waals surface area contributed by atoms with Gasteiger partial charge in [0.1, 0.15) is 0 Å². The highest BCUT2D eigenvalue weighted by molar-refractivity contribution is 4.91. The van der Waals surface area contributed by atoms with E-state index < -0.39 is 0 Å². The number of rotatable bonds is 0. The van der Waals surface area contributed by atoms with Gasteiger partial charge < -0.3 is 4.74 Å². The third kappa shape index (κ3) is 0.243. The Hall–Kier alpha value is -0.0400. The molecule has 2 rings (SSSR count). The fourth-order valence-electron chi connectivity index (χ4n) is 0.959. The topological polar surface area (TPSA) is 9.23 Å². The van der Waals surface area contributed by atoms with Gasteiger partial charge in [0.15, 0.2) is 0 Å². The standard InChI is InChI=1S/C5H8O/c1-2-6-5-3-4(1)5/h4-5H,1-3H2/i3D. The summed E-state index contributed by atoms with van der Waals surface area (Å²) in [6.07, 6.45) is 1.63. The molecular weight excluding hydrogens is 76.1 g/mol. The second-order valence-electron chi connectivity index (χ2n) is 1.98. The maximum Gasteiger partial charge on any atom is 0.0608 e. The summed E-state index contributed by atoms with van der Waals surface area (Å²) in [4.78, 5) is 0. The first-order chi connectivity index (χ1) is 3.39. The number of hydrogen-bond donors (Lipinski definition) is 0. The van der Waals surface area contributed by atoms with E-state index >= 15 is 0 Å². The molecule has 3 atom stereocenters. The first-order valence-electron chi connectivity index (χ1n) is 3.01. The van der Waals surface area contributed by atoms with Crippen LogP contribution in [0.1, 0.15) is 14.2 Å². The van der Waals surface area contributed by atoms with Crippen LogP contribution in [0.25, 0.3) is 0 Å². The summed E-state index contributed by atoms with van der Waals surface area (Å²) in [5, 5.41) is 0. The smallest absolute Gasteiger partial charge is 0.0608 e. The molecule has 0 spiro atoms. The minimum atomic E-state index is 0.147. The molecule has 1 saturated heterocycles. The van der Waals surface area contributed by atoms with Crippen LogP contribution in [-0.4, -0.2) is 12.7 Å². The molecule has 2 fully saturated rings. The molecule has 3 unspecified atom stereocenters. The molecule has 6 heavy (non-hydrogen) atoms. The molecule has 2 aliphatic rings. The van der Waals surface area contributed by atoms with Crippen molar-refractivity contribution in [3.05, 3.63) is 0 Å². The fraction of sp³-hybridized carbons (Fsp3) is 1.00. The average molecular weight is 85.1 g/mol. The third-order valence-corrected chi connectivity index (χ3v) is 1.48. The van der Waals surface area contributed by atoms with Gasteiger partial charge in [-0.1, -0.05) is 0 Å². The molecule has 0 amide bonds. The molecule has 0 aromatic rings. The van der Waals surface area contributed by atoms with Crippen LogP contribution >= 0.6 is 0 Å². The Kier molecular flexibility index (Phi) is 0.302. The summed E-state index contributed by atoms with van der Waals surface area (Å²) in [5.74, 6) is 0.625. The Morgan fingerprint density at radius 3 is 3.17 bits per heavy atom. The lowest BCUT2D eigenvalue weighted by atomic mass is 10.3. The zero-order valence-electron chi connectivity index (χ0n) is 4.55. The SMILES string of the molecule is [2H]C1C2CCOC12. The van der Waals surface area contributed by atoms with Crippen LogP contribution < -0.4 is 0 Å². The summed E-state index contributed by atoms with van der Waals surface area (Å²) in [5.41, 5.74) is 0. The molecule has 1 heterocycles. The van der Waals surface area contributed by atoms with Gasteiger partial charge in [-0.05, 0) is 18.7 Å². The monoisotopic (exact) mass is 85.1 g/mol. The lowest BCUT2D eigenvalue weighted by Crippen LogP contribution is -1.84. The Labute approximate surface area is 38.7 Å². The lowest BCUT2D eigenvalue weighted by Gasteiger charge is -1.86. The molecule has 1 aliphatic carbocycles. The summed E-state index contributed by atoms with van der Waals surface area (Å²) < 4.78 is 12.3. The van der Waals surface area contributed by atoms with Crippen molar-refractivity contribution < 1.29 is 6.11 Å². The van der Waals surface area contributed by atoms with E-state index in [0.29, 0.717) is 12.0 Å². The van der Waals surface area contributed by atoms with E-state index in [2.05, 4.69) is 0 Å². The van der Waals surface area contributed by atoms with E-state index in [1.165, 1.54) is 0 Å². The van der Waals surface area contributed by atoms with Gasteiger partial charge in [0.25, 0.3) is 0 Å². The highest BCUT2D eigenvalue weighted by Gasteiger charge is 2.42. The van der Waals surface area contributed by atoms with E-state index in [1.54, 1.807) is 0 Å². The zero-order valence-corrected chi connectivity index (χ0v) is 3.55. The van der Waals surface area contributed by atoms with Crippen molar-refractivity contribution >= 4 is 0 Å². The molecule has 0 aromatic heterocycles. The molecule has 34 valence electrons. The zero-order chi connectivity index (χ0) is 4.85. The third-order valence-electron chi connectivity index (χ3n) is 1.48. The molecule has 1 nitrogen and oxygen atoms in total. The Morgan fingerprint density at radius 2 is 2.83 bits per heavy atom. The van der Waals surface area contributed by atoms with Crippen LogP contribution in [0.5, 0.6) is 0 Å². The minimum Gasteiger partial charge on any atom is -0.378 e. The van der Waals surface area contributed by atoms with E-state index in [0.717, 1.165) is 13.0 Å². The molecule has 1 saturated carbocycles. The van der Waals surface area contributed by atoms with Crippen LogP contribution in [0.3, 0.4) is 0 Å². The molecule has 1 heteroatoms.